The fraction of sp³-hybridized carbons (Fsp3) is 0.105. The van der Waals surface area contributed by atoms with Crippen molar-refractivity contribution in [2.75, 3.05) is 14.2 Å². The Morgan fingerprint density at radius 1 is 0.783 bits per heavy atom. The summed E-state index contributed by atoms with van der Waals surface area (Å²) in [7, 11) is 3.28. The zero-order valence-corrected chi connectivity index (χ0v) is 14.5. The molecule has 0 saturated carbocycles. The second-order valence-corrected chi connectivity index (χ2v) is 7.45. The molecule has 0 aliphatic heterocycles. The molecule has 0 radical (unpaired) electrons. The molecule has 0 fully saturated rings. The van der Waals surface area contributed by atoms with Crippen molar-refractivity contribution in [3.8, 4) is 11.5 Å². The van der Waals surface area contributed by atoms with Crippen LogP contribution in [-0.4, -0.2) is 28.7 Å². The molecule has 3 aromatic carbocycles. The van der Waals surface area contributed by atoms with Gasteiger partial charge in [0.25, 0.3) is 0 Å². The van der Waals surface area contributed by atoms with Crippen LogP contribution in [-0.2, 0) is 0 Å². The van der Waals surface area contributed by atoms with Crippen molar-refractivity contribution in [3.05, 3.63) is 58.8 Å². The number of hydrogen-bond acceptors (Lipinski definition) is 3. The molecule has 0 saturated heterocycles. The van der Waals surface area contributed by atoms with E-state index in [0.29, 0.717) is 11.1 Å². The van der Waals surface area contributed by atoms with Crippen molar-refractivity contribution in [2.45, 2.75) is 0 Å². The molecule has 4 heteroatoms. The van der Waals surface area contributed by atoms with Gasteiger partial charge in [0.15, 0.2) is 0 Å². The summed E-state index contributed by atoms with van der Waals surface area (Å²) < 4.78 is 13.4. The fourth-order valence-electron chi connectivity index (χ4n) is 3.06. The SMILES string of the molecule is COc1c2ccccc2c(OC)c2c(=O)c3ccccc3[se]c12. The summed E-state index contributed by atoms with van der Waals surface area (Å²) >= 11 is 0.00247. The predicted molar refractivity (Wildman–Crippen MR) is 95.3 cm³/mol. The average molecular weight is 369 g/mol. The summed E-state index contributed by atoms with van der Waals surface area (Å²) in [4.78, 5) is 13.1. The van der Waals surface area contributed by atoms with Gasteiger partial charge in [-0.2, -0.15) is 0 Å². The molecule has 1 heterocycles. The number of hydrogen-bond donors (Lipinski definition) is 0. The first-order chi connectivity index (χ1) is 11.3. The Hall–Kier alpha value is -2.29. The molecule has 0 atom stereocenters. The maximum absolute atomic E-state index is 13.1. The van der Waals surface area contributed by atoms with E-state index < -0.39 is 0 Å². The van der Waals surface area contributed by atoms with Crippen LogP contribution < -0.4 is 14.9 Å². The monoisotopic (exact) mass is 370 g/mol. The summed E-state index contributed by atoms with van der Waals surface area (Å²) in [6.45, 7) is 0. The molecular formula is C19H14O3Se. The van der Waals surface area contributed by atoms with Crippen molar-refractivity contribution >= 4 is 44.6 Å². The zero-order chi connectivity index (χ0) is 16.0. The number of ether oxygens (including phenoxy) is 2. The number of rotatable bonds is 2. The van der Waals surface area contributed by atoms with Gasteiger partial charge in [-0.15, -0.1) is 0 Å². The molecule has 114 valence electrons. The van der Waals surface area contributed by atoms with Gasteiger partial charge in [-0.05, 0) is 0 Å². The van der Waals surface area contributed by atoms with E-state index in [0.717, 1.165) is 30.4 Å². The van der Waals surface area contributed by atoms with E-state index in [2.05, 4.69) is 0 Å². The minimum atomic E-state index is 0.00247. The first kappa shape index (κ1) is 14.3. The molecular weight excluding hydrogens is 355 g/mol. The molecule has 0 N–H and O–H groups in total. The van der Waals surface area contributed by atoms with Crippen LogP contribution in [0.2, 0.25) is 0 Å². The Balaban J connectivity index is 2.39. The second kappa shape index (κ2) is 5.41. The molecule has 0 bridgehead atoms. The molecule has 0 unspecified atom stereocenters. The Labute approximate surface area is 138 Å². The van der Waals surface area contributed by atoms with E-state index in [4.69, 9.17) is 9.47 Å². The van der Waals surface area contributed by atoms with E-state index in [-0.39, 0.29) is 19.9 Å². The molecule has 23 heavy (non-hydrogen) atoms. The summed E-state index contributed by atoms with van der Waals surface area (Å²) in [6.07, 6.45) is 0. The van der Waals surface area contributed by atoms with Gasteiger partial charge >= 0.3 is 139 Å². The van der Waals surface area contributed by atoms with Gasteiger partial charge in [-0.3, -0.25) is 0 Å². The van der Waals surface area contributed by atoms with Crippen LogP contribution in [0.4, 0.5) is 0 Å². The van der Waals surface area contributed by atoms with Gasteiger partial charge in [0.2, 0.25) is 0 Å². The molecule has 0 amide bonds. The van der Waals surface area contributed by atoms with E-state index in [9.17, 15) is 4.79 Å². The van der Waals surface area contributed by atoms with Crippen molar-refractivity contribution in [3.63, 3.8) is 0 Å². The third-order valence-corrected chi connectivity index (χ3v) is 6.51. The molecule has 3 nitrogen and oxygen atoms in total. The third kappa shape index (κ3) is 1.99. The third-order valence-electron chi connectivity index (χ3n) is 4.06. The summed E-state index contributed by atoms with van der Waals surface area (Å²) in [5.41, 5.74) is 0.0182. The Bertz CT molecular complexity index is 1110. The van der Waals surface area contributed by atoms with Gasteiger partial charge in [-0.1, -0.05) is 0 Å². The fourth-order valence-corrected chi connectivity index (χ4v) is 5.60. The van der Waals surface area contributed by atoms with E-state index in [1.54, 1.807) is 14.2 Å². The normalized spacial score (nSPS) is 11.2. The quantitative estimate of drug-likeness (QED) is 0.400. The van der Waals surface area contributed by atoms with Crippen LogP contribution in [0.15, 0.2) is 53.3 Å². The van der Waals surface area contributed by atoms with Gasteiger partial charge in [0, 0.05) is 0 Å². The van der Waals surface area contributed by atoms with Crippen molar-refractivity contribution in [1.82, 2.24) is 0 Å². The van der Waals surface area contributed by atoms with Crippen LogP contribution in [0.5, 0.6) is 11.5 Å². The van der Waals surface area contributed by atoms with Crippen LogP contribution in [0.1, 0.15) is 0 Å². The summed E-state index contributed by atoms with van der Waals surface area (Å²) in [5.74, 6) is 1.44. The standard InChI is InChI=1S/C19H14O3Se/c1-21-17-11-7-3-4-8-12(11)18(22-2)19-15(17)16(20)13-9-5-6-10-14(13)23-19/h3-10H,1-2H3. The molecule has 4 aromatic rings. The van der Waals surface area contributed by atoms with Crippen molar-refractivity contribution in [2.24, 2.45) is 0 Å². The van der Waals surface area contributed by atoms with Gasteiger partial charge in [0.05, 0.1) is 0 Å². The molecule has 0 aliphatic rings. The van der Waals surface area contributed by atoms with Gasteiger partial charge < -0.3 is 0 Å². The first-order valence-corrected chi connectivity index (χ1v) is 8.95. The molecule has 0 spiro atoms. The van der Waals surface area contributed by atoms with E-state index in [1.165, 1.54) is 0 Å². The topological polar surface area (TPSA) is 35.5 Å². The van der Waals surface area contributed by atoms with Gasteiger partial charge in [0.1, 0.15) is 0 Å². The van der Waals surface area contributed by atoms with Crippen LogP contribution in [0, 0.1) is 0 Å². The Kier molecular flexibility index (Phi) is 3.37. The molecule has 0 aliphatic carbocycles. The first-order valence-electron chi connectivity index (χ1n) is 7.24. The number of methoxy groups -OCH3 is 2. The zero-order valence-electron chi connectivity index (χ0n) is 12.8. The average Bonchev–Trinajstić information content (AvgIpc) is 2.60. The van der Waals surface area contributed by atoms with Crippen molar-refractivity contribution in [1.29, 1.82) is 0 Å². The van der Waals surface area contributed by atoms with Crippen LogP contribution >= 0.6 is 0 Å². The minimum absolute atomic E-state index is 0.00247. The molecule has 1 aromatic heterocycles. The number of fused-ring (bicyclic) bond motifs is 3. The summed E-state index contributed by atoms with van der Waals surface area (Å²) in [6, 6.07) is 15.7. The van der Waals surface area contributed by atoms with Crippen LogP contribution in [0.3, 0.4) is 0 Å². The Morgan fingerprint density at radius 2 is 1.35 bits per heavy atom. The van der Waals surface area contributed by atoms with E-state index in [1.807, 2.05) is 48.5 Å². The molecule has 4 rings (SSSR count). The van der Waals surface area contributed by atoms with E-state index >= 15 is 0 Å². The maximum atomic E-state index is 13.1. The second-order valence-electron chi connectivity index (χ2n) is 5.24. The van der Waals surface area contributed by atoms with Crippen molar-refractivity contribution < 1.29 is 9.47 Å². The number of benzene rings is 3. The predicted octanol–water partition coefficient (Wildman–Crippen LogP) is 3.58. The Morgan fingerprint density at radius 3 is 2.00 bits per heavy atom. The van der Waals surface area contributed by atoms with Gasteiger partial charge in [-0.25, -0.2) is 0 Å². The van der Waals surface area contributed by atoms with Crippen LogP contribution in [0.25, 0.3) is 30.1 Å². The summed E-state index contributed by atoms with van der Waals surface area (Å²) in [5, 5.41) is 3.33.